The van der Waals surface area contributed by atoms with Crippen LogP contribution in [0, 0.1) is 6.92 Å². The van der Waals surface area contributed by atoms with E-state index in [1.165, 1.54) is 0 Å². The molecule has 1 N–H and O–H groups in total. The molecule has 21 heavy (non-hydrogen) atoms. The van der Waals surface area contributed by atoms with Crippen molar-refractivity contribution in [3.05, 3.63) is 42.1 Å². The highest BCUT2D eigenvalue weighted by atomic mass is 16.7. The normalized spacial score (nSPS) is 10.6. The van der Waals surface area contributed by atoms with Gasteiger partial charge in [0.05, 0.1) is 29.7 Å². The Labute approximate surface area is 122 Å². The summed E-state index contributed by atoms with van der Waals surface area (Å²) in [5.74, 6) is 0.145. The summed E-state index contributed by atoms with van der Waals surface area (Å²) < 4.78 is 12.4. The molecule has 2 aromatic rings. The molecule has 1 aromatic carbocycles. The van der Waals surface area contributed by atoms with E-state index in [4.69, 9.17) is 14.6 Å². The molecule has 0 saturated carbocycles. The van der Waals surface area contributed by atoms with Crippen LogP contribution < -0.4 is 0 Å². The van der Waals surface area contributed by atoms with E-state index in [1.807, 2.05) is 18.4 Å². The average Bonchev–Trinajstić information content (AvgIpc) is 2.74. The van der Waals surface area contributed by atoms with Gasteiger partial charge < -0.3 is 19.1 Å². The second kappa shape index (κ2) is 6.30. The molecule has 1 heterocycles. The Morgan fingerprint density at radius 2 is 2.19 bits per heavy atom. The summed E-state index contributed by atoms with van der Waals surface area (Å²) in [5.41, 5.74) is 1.77. The van der Waals surface area contributed by atoms with Crippen molar-refractivity contribution in [2.75, 3.05) is 13.2 Å². The van der Waals surface area contributed by atoms with Gasteiger partial charge in [0.15, 0.2) is 0 Å². The molecule has 0 atom stereocenters. The minimum absolute atomic E-state index is 0.230. The highest BCUT2D eigenvalue weighted by Gasteiger charge is 2.10. The number of nitrogens with zero attached hydrogens (tertiary/aromatic N) is 2. The molecular formula is C15H18N2O4. The fourth-order valence-corrected chi connectivity index (χ4v) is 2.12. The zero-order valence-electron chi connectivity index (χ0n) is 12.1. The SMILES string of the molecule is C=C(OCC)OCCn1c(C)nc2cc(C(=O)O)ccc21. The second-order valence-corrected chi connectivity index (χ2v) is 4.47. The Bertz CT molecular complexity index is 676. The van der Waals surface area contributed by atoms with Crippen LogP contribution in [0.5, 0.6) is 0 Å². The van der Waals surface area contributed by atoms with Gasteiger partial charge in [0, 0.05) is 0 Å². The van der Waals surface area contributed by atoms with E-state index in [0.717, 1.165) is 11.3 Å². The molecule has 0 amide bonds. The number of carboxylic acid groups (broad SMARTS) is 1. The zero-order valence-corrected chi connectivity index (χ0v) is 12.1. The molecule has 6 heteroatoms. The molecule has 0 spiro atoms. The Kier molecular flexibility index (Phi) is 4.47. The molecule has 1 aromatic heterocycles. The van der Waals surface area contributed by atoms with Crippen LogP contribution in [0.2, 0.25) is 0 Å². The number of hydrogen-bond donors (Lipinski definition) is 1. The molecule has 2 rings (SSSR count). The monoisotopic (exact) mass is 290 g/mol. The number of rotatable bonds is 7. The van der Waals surface area contributed by atoms with Gasteiger partial charge in [-0.2, -0.15) is 0 Å². The number of ether oxygens (including phenoxy) is 2. The van der Waals surface area contributed by atoms with E-state index in [2.05, 4.69) is 11.6 Å². The molecule has 0 radical (unpaired) electrons. The number of fused-ring (bicyclic) bond motifs is 1. The Morgan fingerprint density at radius 1 is 1.43 bits per heavy atom. The molecule has 0 aliphatic heterocycles. The van der Waals surface area contributed by atoms with Gasteiger partial charge in [-0.15, -0.1) is 0 Å². The first-order chi connectivity index (χ1) is 10.0. The molecule has 0 aliphatic carbocycles. The van der Waals surface area contributed by atoms with Crippen LogP contribution in [0.4, 0.5) is 0 Å². The number of aromatic nitrogens is 2. The first kappa shape index (κ1) is 14.9. The minimum Gasteiger partial charge on any atom is -0.478 e. The summed E-state index contributed by atoms with van der Waals surface area (Å²) in [6.07, 6.45) is 0. The Balaban J connectivity index is 2.14. The van der Waals surface area contributed by atoms with Crippen molar-refractivity contribution in [2.24, 2.45) is 0 Å². The summed E-state index contributed by atoms with van der Waals surface area (Å²) in [6.45, 7) is 8.89. The molecule has 0 saturated heterocycles. The van der Waals surface area contributed by atoms with Crippen molar-refractivity contribution in [1.29, 1.82) is 0 Å². The maximum absolute atomic E-state index is 11.0. The number of carboxylic acids is 1. The lowest BCUT2D eigenvalue weighted by Crippen LogP contribution is -2.08. The van der Waals surface area contributed by atoms with Gasteiger partial charge in [0.2, 0.25) is 0 Å². The lowest BCUT2D eigenvalue weighted by molar-refractivity contribution is 0.0395. The number of carbonyl (C=O) groups is 1. The quantitative estimate of drug-likeness (QED) is 0.793. The number of benzene rings is 1. The van der Waals surface area contributed by atoms with Crippen LogP contribution in [0.25, 0.3) is 11.0 Å². The van der Waals surface area contributed by atoms with E-state index < -0.39 is 5.97 Å². The lowest BCUT2D eigenvalue weighted by atomic mass is 10.2. The number of aromatic carboxylic acids is 1. The summed E-state index contributed by atoms with van der Waals surface area (Å²) in [4.78, 5) is 15.3. The molecule has 112 valence electrons. The highest BCUT2D eigenvalue weighted by molar-refractivity contribution is 5.92. The van der Waals surface area contributed by atoms with E-state index in [-0.39, 0.29) is 5.56 Å². The molecular weight excluding hydrogens is 272 g/mol. The van der Waals surface area contributed by atoms with E-state index in [9.17, 15) is 4.79 Å². The first-order valence-electron chi connectivity index (χ1n) is 6.67. The molecule has 6 nitrogen and oxygen atoms in total. The largest absolute Gasteiger partial charge is 0.478 e. The maximum atomic E-state index is 11.0. The van der Waals surface area contributed by atoms with Crippen LogP contribution in [-0.2, 0) is 16.0 Å². The van der Waals surface area contributed by atoms with Crippen molar-refractivity contribution in [2.45, 2.75) is 20.4 Å². The summed E-state index contributed by atoms with van der Waals surface area (Å²) in [5, 5.41) is 9.00. The fraction of sp³-hybridized carbons (Fsp3) is 0.333. The summed E-state index contributed by atoms with van der Waals surface area (Å²) in [6, 6.07) is 4.90. The van der Waals surface area contributed by atoms with E-state index in [1.54, 1.807) is 18.2 Å². The fourth-order valence-electron chi connectivity index (χ4n) is 2.12. The Hall–Kier alpha value is -2.50. The third kappa shape index (κ3) is 3.34. The van der Waals surface area contributed by atoms with Gasteiger partial charge in [-0.25, -0.2) is 9.78 Å². The second-order valence-electron chi connectivity index (χ2n) is 4.47. The summed E-state index contributed by atoms with van der Waals surface area (Å²) in [7, 11) is 0. The molecule has 0 unspecified atom stereocenters. The average molecular weight is 290 g/mol. The van der Waals surface area contributed by atoms with Gasteiger partial charge in [0.25, 0.3) is 5.95 Å². The smallest absolute Gasteiger partial charge is 0.335 e. The van der Waals surface area contributed by atoms with Gasteiger partial charge >= 0.3 is 5.97 Å². The van der Waals surface area contributed by atoms with Crippen LogP contribution in [0.15, 0.2) is 30.7 Å². The van der Waals surface area contributed by atoms with Gasteiger partial charge in [-0.1, -0.05) is 0 Å². The number of aryl methyl sites for hydroxylation is 1. The van der Waals surface area contributed by atoms with Crippen LogP contribution >= 0.6 is 0 Å². The molecule has 0 bridgehead atoms. The number of imidazole rings is 1. The Morgan fingerprint density at radius 3 is 2.86 bits per heavy atom. The molecule has 0 fully saturated rings. The van der Waals surface area contributed by atoms with Crippen molar-refractivity contribution in [3.8, 4) is 0 Å². The predicted molar refractivity (Wildman–Crippen MR) is 78.1 cm³/mol. The van der Waals surface area contributed by atoms with Crippen LogP contribution in [0.1, 0.15) is 23.1 Å². The van der Waals surface area contributed by atoms with Crippen LogP contribution in [0.3, 0.4) is 0 Å². The first-order valence-corrected chi connectivity index (χ1v) is 6.67. The maximum Gasteiger partial charge on any atom is 0.335 e. The predicted octanol–water partition coefficient (Wildman–Crippen LogP) is 2.57. The third-order valence-corrected chi connectivity index (χ3v) is 3.07. The topological polar surface area (TPSA) is 73.6 Å². The van der Waals surface area contributed by atoms with Crippen molar-refractivity contribution < 1.29 is 19.4 Å². The van der Waals surface area contributed by atoms with Crippen molar-refractivity contribution in [3.63, 3.8) is 0 Å². The van der Waals surface area contributed by atoms with Crippen LogP contribution in [-0.4, -0.2) is 33.8 Å². The minimum atomic E-state index is -0.958. The zero-order chi connectivity index (χ0) is 15.4. The van der Waals surface area contributed by atoms with Crippen molar-refractivity contribution >= 4 is 17.0 Å². The van der Waals surface area contributed by atoms with E-state index in [0.29, 0.717) is 31.2 Å². The van der Waals surface area contributed by atoms with Crippen molar-refractivity contribution in [1.82, 2.24) is 9.55 Å². The van der Waals surface area contributed by atoms with Gasteiger partial charge in [-0.3, -0.25) is 0 Å². The lowest BCUT2D eigenvalue weighted by Gasteiger charge is -2.11. The number of hydrogen-bond acceptors (Lipinski definition) is 4. The summed E-state index contributed by atoms with van der Waals surface area (Å²) >= 11 is 0. The van der Waals surface area contributed by atoms with Gasteiger partial charge in [-0.05, 0) is 38.6 Å². The van der Waals surface area contributed by atoms with E-state index >= 15 is 0 Å². The van der Waals surface area contributed by atoms with Gasteiger partial charge in [0.1, 0.15) is 12.4 Å². The highest BCUT2D eigenvalue weighted by Crippen LogP contribution is 2.18. The third-order valence-electron chi connectivity index (χ3n) is 3.07. The standard InChI is InChI=1S/C15H18N2O4/c1-4-20-11(3)21-8-7-17-10(2)16-13-9-12(15(18)19)5-6-14(13)17/h5-6,9H,3-4,7-8H2,1-2H3,(H,18,19). The molecule has 0 aliphatic rings.